The van der Waals surface area contributed by atoms with Crippen molar-refractivity contribution in [3.8, 4) is 0 Å². The van der Waals surface area contributed by atoms with Gasteiger partial charge < -0.3 is 5.11 Å². The zero-order valence-electron chi connectivity index (χ0n) is 12.6. The van der Waals surface area contributed by atoms with Crippen LogP contribution < -0.4 is 4.72 Å². The second-order valence-electron chi connectivity index (χ2n) is 5.94. The minimum Gasteiger partial charge on any atom is -0.392 e. The van der Waals surface area contributed by atoms with Crippen molar-refractivity contribution in [3.63, 3.8) is 0 Å². The molecule has 1 saturated carbocycles. The van der Waals surface area contributed by atoms with Gasteiger partial charge in [0.15, 0.2) is 0 Å². The van der Waals surface area contributed by atoms with Gasteiger partial charge in [0, 0.05) is 6.54 Å². The Bertz CT molecular complexity index is 563. The number of hydrogen-bond donors (Lipinski definition) is 2. The van der Waals surface area contributed by atoms with Crippen molar-refractivity contribution in [2.24, 2.45) is 5.92 Å². The average molecular weight is 311 g/mol. The van der Waals surface area contributed by atoms with Crippen LogP contribution in [0.25, 0.3) is 0 Å². The second-order valence-corrected chi connectivity index (χ2v) is 7.70. The molecular weight excluding hydrogens is 286 g/mol. The maximum Gasteiger partial charge on any atom is 0.240 e. The fourth-order valence-corrected chi connectivity index (χ4v) is 4.04. The standard InChI is InChI=1S/C16H25NO3S/c1-13-7-8-16(11-15(13)12-18)21(19,20)17-10-9-14-5-3-2-4-6-14/h7-8,11,14,17-18H,2-6,9-10,12H2,1H3. The quantitative estimate of drug-likeness (QED) is 0.849. The van der Waals surface area contributed by atoms with Gasteiger partial charge in [-0.15, -0.1) is 0 Å². The van der Waals surface area contributed by atoms with Gasteiger partial charge >= 0.3 is 0 Å². The molecule has 2 N–H and O–H groups in total. The second kappa shape index (κ2) is 7.38. The van der Waals surface area contributed by atoms with E-state index >= 15 is 0 Å². The third-order valence-electron chi connectivity index (χ3n) is 4.37. The summed E-state index contributed by atoms with van der Waals surface area (Å²) in [7, 11) is -3.47. The van der Waals surface area contributed by atoms with Crippen LogP contribution in [0, 0.1) is 12.8 Å². The first-order chi connectivity index (χ1) is 10.0. The Labute approximate surface area is 127 Å². The predicted octanol–water partition coefficient (Wildman–Crippen LogP) is 2.74. The van der Waals surface area contributed by atoms with Gasteiger partial charge in [-0.2, -0.15) is 0 Å². The summed E-state index contributed by atoms with van der Waals surface area (Å²) in [6.45, 7) is 2.21. The zero-order valence-corrected chi connectivity index (χ0v) is 13.5. The lowest BCUT2D eigenvalue weighted by atomic mass is 9.87. The molecule has 0 atom stereocenters. The van der Waals surface area contributed by atoms with Crippen LogP contribution in [0.4, 0.5) is 0 Å². The smallest absolute Gasteiger partial charge is 0.240 e. The summed E-state index contributed by atoms with van der Waals surface area (Å²) in [5, 5.41) is 9.24. The van der Waals surface area contributed by atoms with Crippen molar-refractivity contribution >= 4 is 10.0 Å². The van der Waals surface area contributed by atoms with E-state index in [-0.39, 0.29) is 11.5 Å². The summed E-state index contributed by atoms with van der Waals surface area (Å²) < 4.78 is 27.2. The summed E-state index contributed by atoms with van der Waals surface area (Å²) >= 11 is 0. The number of aryl methyl sites for hydroxylation is 1. The van der Waals surface area contributed by atoms with Crippen LogP contribution in [-0.4, -0.2) is 20.1 Å². The van der Waals surface area contributed by atoms with Gasteiger partial charge in [-0.25, -0.2) is 13.1 Å². The van der Waals surface area contributed by atoms with E-state index in [0.717, 1.165) is 12.0 Å². The van der Waals surface area contributed by atoms with Gasteiger partial charge in [0.1, 0.15) is 0 Å². The van der Waals surface area contributed by atoms with Crippen molar-refractivity contribution in [1.82, 2.24) is 4.72 Å². The van der Waals surface area contributed by atoms with E-state index in [0.29, 0.717) is 18.0 Å². The van der Waals surface area contributed by atoms with E-state index in [1.165, 1.54) is 32.1 Å². The number of hydrogen-bond acceptors (Lipinski definition) is 3. The molecule has 0 radical (unpaired) electrons. The molecule has 1 aliphatic carbocycles. The lowest BCUT2D eigenvalue weighted by molar-refractivity contribution is 0.280. The van der Waals surface area contributed by atoms with Crippen LogP contribution in [0.1, 0.15) is 49.7 Å². The number of nitrogens with one attached hydrogen (secondary N) is 1. The van der Waals surface area contributed by atoms with E-state index < -0.39 is 10.0 Å². The Morgan fingerprint density at radius 1 is 1.24 bits per heavy atom. The molecular formula is C16H25NO3S. The number of aliphatic hydroxyl groups is 1. The molecule has 1 aromatic carbocycles. The van der Waals surface area contributed by atoms with Crippen molar-refractivity contribution < 1.29 is 13.5 Å². The fourth-order valence-electron chi connectivity index (χ4n) is 2.94. The monoisotopic (exact) mass is 311 g/mol. The van der Waals surface area contributed by atoms with Gasteiger partial charge in [0.05, 0.1) is 11.5 Å². The fraction of sp³-hybridized carbons (Fsp3) is 0.625. The SMILES string of the molecule is Cc1ccc(S(=O)(=O)NCCC2CCCCC2)cc1CO. The first-order valence-corrected chi connectivity index (χ1v) is 9.21. The predicted molar refractivity (Wildman–Crippen MR) is 83.5 cm³/mol. The van der Waals surface area contributed by atoms with Crippen molar-refractivity contribution in [2.75, 3.05) is 6.54 Å². The zero-order chi connectivity index (χ0) is 15.3. The molecule has 0 aromatic heterocycles. The Hall–Kier alpha value is -0.910. The normalized spacial score (nSPS) is 17.0. The Balaban J connectivity index is 1.94. The molecule has 118 valence electrons. The van der Waals surface area contributed by atoms with Gasteiger partial charge in [0.25, 0.3) is 0 Å². The lowest BCUT2D eigenvalue weighted by Gasteiger charge is -2.21. The molecule has 0 bridgehead atoms. The van der Waals surface area contributed by atoms with E-state index in [1.54, 1.807) is 18.2 Å². The van der Waals surface area contributed by atoms with Crippen LogP contribution in [0.5, 0.6) is 0 Å². The molecule has 21 heavy (non-hydrogen) atoms. The van der Waals surface area contributed by atoms with Gasteiger partial charge in [-0.1, -0.05) is 38.2 Å². The number of benzene rings is 1. The molecule has 1 fully saturated rings. The first kappa shape index (κ1) is 16.5. The topological polar surface area (TPSA) is 66.4 Å². The molecule has 0 heterocycles. The Morgan fingerprint density at radius 2 is 1.95 bits per heavy atom. The number of rotatable bonds is 6. The summed E-state index contributed by atoms with van der Waals surface area (Å²) in [4.78, 5) is 0.237. The highest BCUT2D eigenvalue weighted by atomic mass is 32.2. The molecule has 2 rings (SSSR count). The minimum absolute atomic E-state index is 0.142. The van der Waals surface area contributed by atoms with Gasteiger partial charge in [0.2, 0.25) is 10.0 Å². The molecule has 0 amide bonds. The molecule has 0 saturated heterocycles. The van der Waals surface area contributed by atoms with Gasteiger partial charge in [-0.05, 0) is 42.5 Å². The summed E-state index contributed by atoms with van der Waals surface area (Å²) in [6.07, 6.45) is 7.22. The summed E-state index contributed by atoms with van der Waals surface area (Å²) in [5.41, 5.74) is 1.56. The lowest BCUT2D eigenvalue weighted by Crippen LogP contribution is -2.26. The van der Waals surface area contributed by atoms with Crippen LogP contribution in [0.3, 0.4) is 0 Å². The summed E-state index contributed by atoms with van der Waals surface area (Å²) in [5.74, 6) is 0.660. The van der Waals surface area contributed by atoms with Gasteiger partial charge in [-0.3, -0.25) is 0 Å². The van der Waals surface area contributed by atoms with Crippen LogP contribution in [-0.2, 0) is 16.6 Å². The van der Waals surface area contributed by atoms with E-state index in [9.17, 15) is 13.5 Å². The maximum atomic E-state index is 12.3. The maximum absolute atomic E-state index is 12.3. The Morgan fingerprint density at radius 3 is 2.62 bits per heavy atom. The van der Waals surface area contributed by atoms with Crippen molar-refractivity contribution in [2.45, 2.75) is 57.0 Å². The molecule has 1 aromatic rings. The highest BCUT2D eigenvalue weighted by Gasteiger charge is 2.17. The third-order valence-corrected chi connectivity index (χ3v) is 5.83. The summed E-state index contributed by atoms with van der Waals surface area (Å²) in [6, 6.07) is 4.89. The van der Waals surface area contributed by atoms with Crippen molar-refractivity contribution in [1.29, 1.82) is 0 Å². The first-order valence-electron chi connectivity index (χ1n) is 7.73. The average Bonchev–Trinajstić information content (AvgIpc) is 2.48. The molecule has 0 unspecified atom stereocenters. The van der Waals surface area contributed by atoms with Crippen LogP contribution >= 0.6 is 0 Å². The van der Waals surface area contributed by atoms with Crippen LogP contribution in [0.15, 0.2) is 23.1 Å². The van der Waals surface area contributed by atoms with Crippen LogP contribution in [0.2, 0.25) is 0 Å². The molecule has 0 spiro atoms. The molecule has 1 aliphatic rings. The number of sulfonamides is 1. The Kier molecular flexibility index (Phi) is 5.79. The van der Waals surface area contributed by atoms with E-state index in [2.05, 4.69) is 4.72 Å². The molecule has 5 heteroatoms. The highest BCUT2D eigenvalue weighted by molar-refractivity contribution is 7.89. The highest BCUT2D eigenvalue weighted by Crippen LogP contribution is 2.26. The largest absolute Gasteiger partial charge is 0.392 e. The van der Waals surface area contributed by atoms with E-state index in [4.69, 9.17) is 0 Å². The van der Waals surface area contributed by atoms with Crippen molar-refractivity contribution in [3.05, 3.63) is 29.3 Å². The number of aliphatic hydroxyl groups excluding tert-OH is 1. The van der Waals surface area contributed by atoms with E-state index in [1.807, 2.05) is 6.92 Å². The molecule has 0 aliphatic heterocycles. The molecule has 4 nitrogen and oxygen atoms in total. The third kappa shape index (κ3) is 4.53. The minimum atomic E-state index is -3.47.